The Kier molecular flexibility index (Phi) is 3.71. The summed E-state index contributed by atoms with van der Waals surface area (Å²) in [6.45, 7) is 2.11. The first-order chi connectivity index (χ1) is 11.8. The summed E-state index contributed by atoms with van der Waals surface area (Å²) < 4.78 is 2.08. The summed E-state index contributed by atoms with van der Waals surface area (Å²) in [5.41, 5.74) is 2.34. The highest BCUT2D eigenvalue weighted by atomic mass is 15.2. The van der Waals surface area contributed by atoms with E-state index in [1.54, 1.807) is 6.20 Å². The van der Waals surface area contributed by atoms with Gasteiger partial charge in [-0.2, -0.15) is 4.98 Å². The van der Waals surface area contributed by atoms with Crippen molar-refractivity contribution in [2.45, 2.75) is 13.0 Å². The Bertz CT molecular complexity index is 959. The second-order valence-corrected chi connectivity index (χ2v) is 5.76. The van der Waals surface area contributed by atoms with Crippen LogP contribution in [0.2, 0.25) is 0 Å². The number of benzene rings is 2. The van der Waals surface area contributed by atoms with Crippen molar-refractivity contribution in [2.75, 3.05) is 5.32 Å². The van der Waals surface area contributed by atoms with E-state index in [0.717, 1.165) is 11.3 Å². The summed E-state index contributed by atoms with van der Waals surface area (Å²) in [6, 6.07) is 22.7. The van der Waals surface area contributed by atoms with Crippen LogP contribution < -0.4 is 5.32 Å². The molecular weight excluding hydrogens is 296 g/mol. The molecule has 0 fully saturated rings. The second-order valence-electron chi connectivity index (χ2n) is 5.76. The van der Waals surface area contributed by atoms with E-state index in [-0.39, 0.29) is 6.04 Å². The molecule has 0 saturated carbocycles. The molecule has 0 aliphatic carbocycles. The molecule has 2 heterocycles. The van der Waals surface area contributed by atoms with Crippen LogP contribution in [0.3, 0.4) is 0 Å². The molecule has 0 saturated heterocycles. The van der Waals surface area contributed by atoms with Crippen molar-refractivity contribution in [3.05, 3.63) is 84.7 Å². The first kappa shape index (κ1) is 14.5. The average Bonchev–Trinajstić information content (AvgIpc) is 3.07. The van der Waals surface area contributed by atoms with E-state index in [2.05, 4.69) is 57.1 Å². The lowest BCUT2D eigenvalue weighted by Crippen LogP contribution is -2.10. The predicted octanol–water partition coefficient (Wildman–Crippen LogP) is 4.59. The minimum absolute atomic E-state index is 0.142. The fraction of sp³-hybridized carbons (Fsp3) is 0.100. The third-order valence-electron chi connectivity index (χ3n) is 4.13. The van der Waals surface area contributed by atoms with Crippen LogP contribution in [0.15, 0.2) is 79.1 Å². The van der Waals surface area contributed by atoms with Crippen molar-refractivity contribution < 1.29 is 0 Å². The Hall–Kier alpha value is -3.14. The van der Waals surface area contributed by atoms with Gasteiger partial charge in [0.25, 0.3) is 0 Å². The monoisotopic (exact) mass is 314 g/mol. The number of rotatable bonds is 4. The van der Waals surface area contributed by atoms with E-state index in [9.17, 15) is 0 Å². The SMILES string of the molecule is CC(Nc1nccc(-n2ccc3ccccc32)n1)c1ccccc1. The van der Waals surface area contributed by atoms with Crippen molar-refractivity contribution in [2.24, 2.45) is 0 Å². The minimum atomic E-state index is 0.142. The van der Waals surface area contributed by atoms with Crippen molar-refractivity contribution >= 4 is 16.9 Å². The molecule has 1 N–H and O–H groups in total. The largest absolute Gasteiger partial charge is 0.348 e. The van der Waals surface area contributed by atoms with Gasteiger partial charge in [0.05, 0.1) is 11.6 Å². The number of nitrogens with one attached hydrogen (secondary N) is 1. The maximum absolute atomic E-state index is 4.67. The van der Waals surface area contributed by atoms with Crippen LogP contribution in [0.1, 0.15) is 18.5 Å². The summed E-state index contributed by atoms with van der Waals surface area (Å²) in [5.74, 6) is 1.48. The molecular formula is C20H18N4. The first-order valence-corrected chi connectivity index (χ1v) is 8.02. The molecule has 2 aromatic carbocycles. The molecule has 0 aliphatic heterocycles. The van der Waals surface area contributed by atoms with Crippen LogP contribution in [0, 0.1) is 0 Å². The van der Waals surface area contributed by atoms with Crippen LogP contribution in [-0.4, -0.2) is 14.5 Å². The van der Waals surface area contributed by atoms with Gasteiger partial charge in [-0.25, -0.2) is 4.98 Å². The quantitative estimate of drug-likeness (QED) is 0.599. The Morgan fingerprint density at radius 3 is 2.58 bits per heavy atom. The maximum Gasteiger partial charge on any atom is 0.225 e. The zero-order valence-electron chi connectivity index (χ0n) is 13.4. The Morgan fingerprint density at radius 2 is 1.71 bits per heavy atom. The third kappa shape index (κ3) is 2.74. The zero-order valence-corrected chi connectivity index (χ0v) is 13.4. The van der Waals surface area contributed by atoms with E-state index in [1.165, 1.54) is 10.9 Å². The smallest absolute Gasteiger partial charge is 0.225 e. The van der Waals surface area contributed by atoms with Gasteiger partial charge in [-0.1, -0.05) is 48.5 Å². The molecule has 118 valence electrons. The summed E-state index contributed by atoms with van der Waals surface area (Å²) in [6.07, 6.45) is 3.83. The number of fused-ring (bicyclic) bond motifs is 1. The highest BCUT2D eigenvalue weighted by molar-refractivity contribution is 5.81. The topological polar surface area (TPSA) is 42.7 Å². The number of nitrogens with zero attached hydrogens (tertiary/aromatic N) is 3. The minimum Gasteiger partial charge on any atom is -0.348 e. The normalized spacial score (nSPS) is 12.2. The summed E-state index contributed by atoms with van der Waals surface area (Å²) in [5, 5.41) is 4.57. The van der Waals surface area contributed by atoms with Gasteiger partial charge in [-0.15, -0.1) is 0 Å². The van der Waals surface area contributed by atoms with Gasteiger partial charge in [-0.05, 0) is 36.1 Å². The van der Waals surface area contributed by atoms with E-state index < -0.39 is 0 Å². The lowest BCUT2D eigenvalue weighted by atomic mass is 10.1. The number of para-hydroxylation sites is 1. The van der Waals surface area contributed by atoms with E-state index >= 15 is 0 Å². The molecule has 4 nitrogen and oxygen atoms in total. The number of anilines is 1. The standard InChI is InChI=1S/C20H18N4/c1-15(16-7-3-2-4-8-16)22-20-21-13-11-19(23-20)24-14-12-17-9-5-6-10-18(17)24/h2-15H,1H3,(H,21,22,23). The third-order valence-corrected chi connectivity index (χ3v) is 4.13. The molecule has 0 spiro atoms. The molecule has 4 aromatic rings. The van der Waals surface area contributed by atoms with Gasteiger partial charge >= 0.3 is 0 Å². The Balaban J connectivity index is 1.64. The molecule has 4 rings (SSSR count). The maximum atomic E-state index is 4.67. The second kappa shape index (κ2) is 6.16. The molecule has 0 aliphatic rings. The molecule has 1 atom stereocenters. The van der Waals surface area contributed by atoms with Crippen LogP contribution >= 0.6 is 0 Å². The number of aromatic nitrogens is 3. The van der Waals surface area contributed by atoms with E-state index in [0.29, 0.717) is 5.95 Å². The van der Waals surface area contributed by atoms with Crippen molar-refractivity contribution in [1.29, 1.82) is 0 Å². The summed E-state index contributed by atoms with van der Waals surface area (Å²) in [4.78, 5) is 9.03. The van der Waals surface area contributed by atoms with Crippen LogP contribution in [-0.2, 0) is 0 Å². The van der Waals surface area contributed by atoms with Crippen LogP contribution in [0.4, 0.5) is 5.95 Å². The summed E-state index contributed by atoms with van der Waals surface area (Å²) >= 11 is 0. The van der Waals surface area contributed by atoms with Crippen LogP contribution in [0.25, 0.3) is 16.7 Å². The van der Waals surface area contributed by atoms with Gasteiger partial charge < -0.3 is 9.88 Å². The van der Waals surface area contributed by atoms with Gasteiger partial charge in [0.15, 0.2) is 0 Å². The van der Waals surface area contributed by atoms with Crippen molar-refractivity contribution in [3.8, 4) is 5.82 Å². The lowest BCUT2D eigenvalue weighted by Gasteiger charge is -2.14. The van der Waals surface area contributed by atoms with Crippen molar-refractivity contribution in [1.82, 2.24) is 14.5 Å². The molecule has 0 radical (unpaired) electrons. The molecule has 0 amide bonds. The fourth-order valence-corrected chi connectivity index (χ4v) is 2.85. The molecule has 4 heteroatoms. The average molecular weight is 314 g/mol. The first-order valence-electron chi connectivity index (χ1n) is 8.02. The lowest BCUT2D eigenvalue weighted by molar-refractivity contribution is 0.855. The molecule has 24 heavy (non-hydrogen) atoms. The van der Waals surface area contributed by atoms with E-state index in [4.69, 9.17) is 0 Å². The number of hydrogen-bond acceptors (Lipinski definition) is 3. The van der Waals surface area contributed by atoms with E-state index in [1.807, 2.05) is 42.6 Å². The summed E-state index contributed by atoms with van der Waals surface area (Å²) in [7, 11) is 0. The predicted molar refractivity (Wildman–Crippen MR) is 97.3 cm³/mol. The molecule has 2 aromatic heterocycles. The van der Waals surface area contributed by atoms with Gasteiger partial charge in [0, 0.05) is 12.4 Å². The fourth-order valence-electron chi connectivity index (χ4n) is 2.85. The van der Waals surface area contributed by atoms with Gasteiger partial charge in [0.1, 0.15) is 5.82 Å². The van der Waals surface area contributed by atoms with Gasteiger partial charge in [0.2, 0.25) is 5.95 Å². The highest BCUT2D eigenvalue weighted by Crippen LogP contribution is 2.21. The Labute approximate surface area is 140 Å². The molecule has 0 bridgehead atoms. The van der Waals surface area contributed by atoms with Crippen molar-refractivity contribution in [3.63, 3.8) is 0 Å². The number of hydrogen-bond donors (Lipinski definition) is 1. The molecule has 1 unspecified atom stereocenters. The zero-order chi connectivity index (χ0) is 16.4. The van der Waals surface area contributed by atoms with Crippen LogP contribution in [0.5, 0.6) is 0 Å². The highest BCUT2D eigenvalue weighted by Gasteiger charge is 2.09. The Morgan fingerprint density at radius 1 is 0.917 bits per heavy atom. The van der Waals surface area contributed by atoms with Gasteiger partial charge in [-0.3, -0.25) is 0 Å².